The number of hydrogen-bond donors (Lipinski definition) is 1. The number of piperazine rings is 1. The van der Waals surface area contributed by atoms with Crippen molar-refractivity contribution < 1.29 is 0 Å². The van der Waals surface area contributed by atoms with Crippen LogP contribution < -0.4 is 5.32 Å². The third kappa shape index (κ3) is 3.83. The van der Waals surface area contributed by atoms with Crippen molar-refractivity contribution in [2.45, 2.75) is 64.6 Å². The Balaban J connectivity index is 1.97. The Morgan fingerprint density at radius 1 is 1.25 bits per heavy atom. The normalized spacial score (nSPS) is 24.8. The van der Waals surface area contributed by atoms with Crippen LogP contribution in [-0.4, -0.2) is 35.6 Å². The largest absolute Gasteiger partial charge is 0.311 e. The second kappa shape index (κ2) is 6.73. The maximum Gasteiger partial charge on any atom is 0.0198 e. The molecule has 20 heavy (non-hydrogen) atoms. The molecule has 0 spiro atoms. The SMILES string of the molecule is CCC1CN(C(C)(C)CCc2ccccc2)C(C)CN1. The van der Waals surface area contributed by atoms with Gasteiger partial charge in [0.1, 0.15) is 0 Å². The van der Waals surface area contributed by atoms with E-state index in [4.69, 9.17) is 0 Å². The van der Waals surface area contributed by atoms with E-state index in [2.05, 4.69) is 68.2 Å². The van der Waals surface area contributed by atoms with E-state index < -0.39 is 0 Å². The lowest BCUT2D eigenvalue weighted by Crippen LogP contribution is -2.61. The molecule has 0 amide bonds. The van der Waals surface area contributed by atoms with Crippen LogP contribution in [-0.2, 0) is 6.42 Å². The van der Waals surface area contributed by atoms with Crippen LogP contribution in [0.25, 0.3) is 0 Å². The maximum absolute atomic E-state index is 3.65. The summed E-state index contributed by atoms with van der Waals surface area (Å²) in [6.45, 7) is 11.7. The fourth-order valence-corrected chi connectivity index (χ4v) is 3.29. The second-order valence-electron chi connectivity index (χ2n) is 6.81. The molecule has 0 bridgehead atoms. The van der Waals surface area contributed by atoms with Crippen molar-refractivity contribution in [3.05, 3.63) is 35.9 Å². The molecule has 2 heteroatoms. The minimum atomic E-state index is 0.269. The molecule has 1 aliphatic heterocycles. The third-order valence-corrected chi connectivity index (χ3v) is 4.79. The Labute approximate surface area is 124 Å². The van der Waals surface area contributed by atoms with Crippen LogP contribution in [0.5, 0.6) is 0 Å². The zero-order chi connectivity index (χ0) is 14.6. The van der Waals surface area contributed by atoms with Gasteiger partial charge in [0.25, 0.3) is 0 Å². The fourth-order valence-electron chi connectivity index (χ4n) is 3.29. The monoisotopic (exact) mass is 274 g/mol. The van der Waals surface area contributed by atoms with E-state index in [-0.39, 0.29) is 5.54 Å². The molecule has 0 aliphatic carbocycles. The zero-order valence-electron chi connectivity index (χ0n) is 13.5. The molecule has 1 saturated heterocycles. The van der Waals surface area contributed by atoms with Crippen molar-refractivity contribution in [3.8, 4) is 0 Å². The Kier molecular flexibility index (Phi) is 5.22. The van der Waals surface area contributed by atoms with E-state index in [0.717, 1.165) is 6.54 Å². The van der Waals surface area contributed by atoms with E-state index in [1.54, 1.807) is 0 Å². The van der Waals surface area contributed by atoms with Gasteiger partial charge < -0.3 is 5.32 Å². The van der Waals surface area contributed by atoms with Crippen LogP contribution in [0.2, 0.25) is 0 Å². The second-order valence-corrected chi connectivity index (χ2v) is 6.81. The lowest BCUT2D eigenvalue weighted by Gasteiger charge is -2.48. The predicted molar refractivity (Wildman–Crippen MR) is 87.1 cm³/mol. The molecule has 112 valence electrons. The van der Waals surface area contributed by atoms with Gasteiger partial charge in [-0.1, -0.05) is 37.3 Å². The summed E-state index contributed by atoms with van der Waals surface area (Å²) in [4.78, 5) is 2.71. The molecule has 2 nitrogen and oxygen atoms in total. The van der Waals surface area contributed by atoms with Crippen LogP contribution in [0.15, 0.2) is 30.3 Å². The molecule has 0 aromatic heterocycles. The first-order valence-electron chi connectivity index (χ1n) is 8.07. The van der Waals surface area contributed by atoms with E-state index in [1.807, 2.05) is 0 Å². The summed E-state index contributed by atoms with van der Waals surface area (Å²) in [6, 6.07) is 12.1. The Bertz CT molecular complexity index is 399. The van der Waals surface area contributed by atoms with E-state index in [9.17, 15) is 0 Å². The number of rotatable bonds is 5. The number of aryl methyl sites for hydroxylation is 1. The molecule has 1 aliphatic rings. The molecule has 2 unspecified atom stereocenters. The summed E-state index contributed by atoms with van der Waals surface area (Å²) in [5, 5.41) is 3.65. The quantitative estimate of drug-likeness (QED) is 0.884. The zero-order valence-corrected chi connectivity index (χ0v) is 13.5. The van der Waals surface area contributed by atoms with Gasteiger partial charge in [-0.2, -0.15) is 0 Å². The van der Waals surface area contributed by atoms with Gasteiger partial charge in [0, 0.05) is 30.7 Å². The highest BCUT2D eigenvalue weighted by Crippen LogP contribution is 2.26. The van der Waals surface area contributed by atoms with Crippen LogP contribution >= 0.6 is 0 Å². The Morgan fingerprint density at radius 2 is 1.95 bits per heavy atom. The number of benzene rings is 1. The summed E-state index contributed by atoms with van der Waals surface area (Å²) in [5.41, 5.74) is 1.72. The predicted octanol–water partition coefficient (Wildman–Crippen LogP) is 3.47. The van der Waals surface area contributed by atoms with Crippen molar-refractivity contribution in [1.82, 2.24) is 10.2 Å². The molecule has 1 aromatic carbocycles. The third-order valence-electron chi connectivity index (χ3n) is 4.79. The maximum atomic E-state index is 3.65. The average Bonchev–Trinajstić information content (AvgIpc) is 2.47. The van der Waals surface area contributed by atoms with E-state index in [0.29, 0.717) is 12.1 Å². The Morgan fingerprint density at radius 3 is 2.60 bits per heavy atom. The molecule has 1 heterocycles. The highest BCUT2D eigenvalue weighted by Gasteiger charge is 2.34. The first-order chi connectivity index (χ1) is 9.53. The number of nitrogens with zero attached hydrogens (tertiary/aromatic N) is 1. The van der Waals surface area contributed by atoms with Crippen LogP contribution in [0, 0.1) is 0 Å². The van der Waals surface area contributed by atoms with E-state index in [1.165, 1.54) is 31.4 Å². The first-order valence-corrected chi connectivity index (χ1v) is 8.07. The highest BCUT2D eigenvalue weighted by atomic mass is 15.3. The van der Waals surface area contributed by atoms with Crippen molar-refractivity contribution in [3.63, 3.8) is 0 Å². The van der Waals surface area contributed by atoms with Crippen LogP contribution in [0.1, 0.15) is 46.1 Å². The number of hydrogen-bond acceptors (Lipinski definition) is 2. The molecule has 0 saturated carbocycles. The molecule has 1 fully saturated rings. The molecule has 1 N–H and O–H groups in total. The van der Waals surface area contributed by atoms with Gasteiger partial charge >= 0.3 is 0 Å². The summed E-state index contributed by atoms with van der Waals surface area (Å²) in [7, 11) is 0. The first kappa shape index (κ1) is 15.5. The topological polar surface area (TPSA) is 15.3 Å². The standard InChI is InChI=1S/C18H30N2/c1-5-17-14-20(15(2)13-19-17)18(3,4)12-11-16-9-7-6-8-10-16/h6-10,15,17,19H,5,11-14H2,1-4H3. The van der Waals surface area contributed by atoms with Crippen molar-refractivity contribution in [2.24, 2.45) is 0 Å². The fraction of sp³-hybridized carbons (Fsp3) is 0.667. The number of nitrogens with one attached hydrogen (secondary N) is 1. The minimum absolute atomic E-state index is 0.269. The Hall–Kier alpha value is -0.860. The highest BCUT2D eigenvalue weighted by molar-refractivity contribution is 5.15. The smallest absolute Gasteiger partial charge is 0.0198 e. The molecule has 0 radical (unpaired) electrons. The van der Waals surface area contributed by atoms with E-state index >= 15 is 0 Å². The van der Waals surface area contributed by atoms with Crippen LogP contribution in [0.4, 0.5) is 0 Å². The molecule has 1 aromatic rings. The van der Waals surface area contributed by atoms with Gasteiger partial charge in [0.2, 0.25) is 0 Å². The molecule has 2 atom stereocenters. The van der Waals surface area contributed by atoms with Crippen molar-refractivity contribution >= 4 is 0 Å². The minimum Gasteiger partial charge on any atom is -0.311 e. The lowest BCUT2D eigenvalue weighted by atomic mass is 9.90. The molecular weight excluding hydrogens is 244 g/mol. The molecule has 2 rings (SSSR count). The molecular formula is C18H30N2. The van der Waals surface area contributed by atoms with Gasteiger partial charge in [0.15, 0.2) is 0 Å². The summed E-state index contributed by atoms with van der Waals surface area (Å²) in [6.07, 6.45) is 3.61. The summed E-state index contributed by atoms with van der Waals surface area (Å²) < 4.78 is 0. The van der Waals surface area contributed by atoms with Gasteiger partial charge in [-0.05, 0) is 45.6 Å². The van der Waals surface area contributed by atoms with Gasteiger partial charge in [-0.25, -0.2) is 0 Å². The lowest BCUT2D eigenvalue weighted by molar-refractivity contribution is 0.0325. The van der Waals surface area contributed by atoms with Crippen molar-refractivity contribution in [1.29, 1.82) is 0 Å². The van der Waals surface area contributed by atoms with Crippen LogP contribution in [0.3, 0.4) is 0 Å². The summed E-state index contributed by atoms with van der Waals surface area (Å²) >= 11 is 0. The van der Waals surface area contributed by atoms with Crippen molar-refractivity contribution in [2.75, 3.05) is 13.1 Å². The average molecular weight is 274 g/mol. The van der Waals surface area contributed by atoms with Gasteiger partial charge in [-0.15, -0.1) is 0 Å². The summed E-state index contributed by atoms with van der Waals surface area (Å²) in [5.74, 6) is 0. The van der Waals surface area contributed by atoms with Gasteiger partial charge in [0.05, 0.1) is 0 Å². The van der Waals surface area contributed by atoms with Gasteiger partial charge in [-0.3, -0.25) is 4.90 Å².